The predicted octanol–water partition coefficient (Wildman–Crippen LogP) is 2.99. The van der Waals surface area contributed by atoms with Crippen molar-refractivity contribution in [2.45, 2.75) is 18.9 Å². The summed E-state index contributed by atoms with van der Waals surface area (Å²) in [5.74, 6) is 0. The third-order valence-corrected chi connectivity index (χ3v) is 4.18. The molecule has 4 heteroatoms. The number of H-pyrrole nitrogens is 1. The topological polar surface area (TPSA) is 45.6 Å². The van der Waals surface area contributed by atoms with E-state index in [0.29, 0.717) is 6.04 Å². The van der Waals surface area contributed by atoms with Crippen LogP contribution in [0.2, 0.25) is 0 Å². The molecule has 0 spiro atoms. The first-order valence-electron chi connectivity index (χ1n) is 7.17. The number of para-hydroxylation sites is 1. The lowest BCUT2D eigenvalue weighted by Gasteiger charge is -2.04. The van der Waals surface area contributed by atoms with Crippen LogP contribution < -0.4 is 5.32 Å². The Labute approximate surface area is 117 Å². The molecule has 0 aliphatic carbocycles. The van der Waals surface area contributed by atoms with Gasteiger partial charge in [0.15, 0.2) is 0 Å². The molecule has 0 amide bonds. The van der Waals surface area contributed by atoms with Crippen molar-refractivity contribution < 1.29 is 0 Å². The fourth-order valence-electron chi connectivity index (χ4n) is 3.13. The molecule has 1 aromatic carbocycles. The van der Waals surface area contributed by atoms with Crippen molar-refractivity contribution in [2.75, 3.05) is 6.54 Å². The summed E-state index contributed by atoms with van der Waals surface area (Å²) < 4.78 is 1.99. The van der Waals surface area contributed by atoms with E-state index in [1.165, 1.54) is 35.0 Å². The molecule has 1 fully saturated rings. The van der Waals surface area contributed by atoms with Gasteiger partial charge in [-0.1, -0.05) is 18.2 Å². The Morgan fingerprint density at radius 3 is 3.05 bits per heavy atom. The minimum atomic E-state index is 0.417. The first-order chi connectivity index (χ1) is 9.83. The van der Waals surface area contributed by atoms with E-state index in [-0.39, 0.29) is 0 Å². The van der Waals surface area contributed by atoms with Crippen molar-refractivity contribution >= 4 is 10.9 Å². The van der Waals surface area contributed by atoms with E-state index >= 15 is 0 Å². The summed E-state index contributed by atoms with van der Waals surface area (Å²) in [7, 11) is 2.02. The van der Waals surface area contributed by atoms with Crippen LogP contribution in [-0.4, -0.2) is 21.3 Å². The van der Waals surface area contributed by atoms with Crippen LogP contribution in [0.5, 0.6) is 0 Å². The number of hydrogen-bond donors (Lipinski definition) is 2. The zero-order valence-electron chi connectivity index (χ0n) is 11.6. The third kappa shape index (κ3) is 1.76. The summed E-state index contributed by atoms with van der Waals surface area (Å²) >= 11 is 0. The summed E-state index contributed by atoms with van der Waals surface area (Å²) in [4.78, 5) is 3.34. The molecule has 2 N–H and O–H groups in total. The Kier molecular flexibility index (Phi) is 2.63. The summed E-state index contributed by atoms with van der Waals surface area (Å²) in [5.41, 5.74) is 4.72. The van der Waals surface area contributed by atoms with Gasteiger partial charge in [-0.2, -0.15) is 5.10 Å². The zero-order valence-corrected chi connectivity index (χ0v) is 11.6. The highest BCUT2D eigenvalue weighted by molar-refractivity contribution is 5.94. The Morgan fingerprint density at radius 1 is 1.30 bits per heavy atom. The summed E-state index contributed by atoms with van der Waals surface area (Å²) in [5, 5.41) is 9.46. The molecular weight excluding hydrogens is 248 g/mol. The minimum Gasteiger partial charge on any atom is -0.360 e. The Hall–Kier alpha value is -2.07. The number of benzene rings is 1. The van der Waals surface area contributed by atoms with Crippen LogP contribution in [0.4, 0.5) is 0 Å². The highest BCUT2D eigenvalue weighted by Gasteiger charge is 2.21. The third-order valence-electron chi connectivity index (χ3n) is 4.18. The van der Waals surface area contributed by atoms with Crippen molar-refractivity contribution in [2.24, 2.45) is 7.05 Å². The molecule has 20 heavy (non-hydrogen) atoms. The van der Waals surface area contributed by atoms with E-state index in [0.717, 1.165) is 12.2 Å². The van der Waals surface area contributed by atoms with Crippen LogP contribution in [-0.2, 0) is 7.05 Å². The van der Waals surface area contributed by atoms with Gasteiger partial charge in [-0.05, 0) is 31.5 Å². The van der Waals surface area contributed by atoms with Gasteiger partial charge < -0.3 is 10.3 Å². The van der Waals surface area contributed by atoms with Gasteiger partial charge in [0.2, 0.25) is 0 Å². The number of aryl methyl sites for hydroxylation is 1. The number of nitrogens with one attached hydrogen (secondary N) is 2. The number of aromatic amines is 1. The molecule has 3 aromatic rings. The number of nitrogens with zero attached hydrogens (tertiary/aromatic N) is 2. The molecule has 1 aliphatic rings. The molecule has 0 saturated carbocycles. The smallest absolute Gasteiger partial charge is 0.0800 e. The highest BCUT2D eigenvalue weighted by Crippen LogP contribution is 2.31. The molecule has 4 nitrogen and oxygen atoms in total. The second-order valence-electron chi connectivity index (χ2n) is 5.47. The second kappa shape index (κ2) is 4.49. The summed E-state index contributed by atoms with van der Waals surface area (Å²) in [6.45, 7) is 1.10. The van der Waals surface area contributed by atoms with Gasteiger partial charge in [-0.15, -0.1) is 0 Å². The fraction of sp³-hybridized carbons (Fsp3) is 0.312. The molecule has 1 saturated heterocycles. The van der Waals surface area contributed by atoms with E-state index in [1.807, 2.05) is 11.7 Å². The molecular formula is C16H18N4. The van der Waals surface area contributed by atoms with Crippen LogP contribution in [0, 0.1) is 0 Å². The number of rotatable bonds is 2. The normalized spacial score (nSPS) is 18.9. The molecule has 2 aromatic heterocycles. The monoisotopic (exact) mass is 266 g/mol. The van der Waals surface area contributed by atoms with Gasteiger partial charge in [0.25, 0.3) is 0 Å². The molecule has 4 rings (SSSR count). The Morgan fingerprint density at radius 2 is 2.20 bits per heavy atom. The summed E-state index contributed by atoms with van der Waals surface area (Å²) in [6.07, 6.45) is 4.50. The first kappa shape index (κ1) is 11.7. The maximum Gasteiger partial charge on any atom is 0.0800 e. The van der Waals surface area contributed by atoms with Gasteiger partial charge in [-0.25, -0.2) is 0 Å². The quantitative estimate of drug-likeness (QED) is 0.749. The van der Waals surface area contributed by atoms with E-state index in [4.69, 9.17) is 5.10 Å². The van der Waals surface area contributed by atoms with Gasteiger partial charge in [0, 0.05) is 29.7 Å². The minimum absolute atomic E-state index is 0.417. The van der Waals surface area contributed by atoms with Crippen molar-refractivity contribution in [3.8, 4) is 11.3 Å². The molecule has 102 valence electrons. The van der Waals surface area contributed by atoms with Crippen molar-refractivity contribution in [1.82, 2.24) is 20.1 Å². The highest BCUT2D eigenvalue weighted by atomic mass is 15.3. The average Bonchev–Trinajstić information content (AvgIpc) is 3.16. The van der Waals surface area contributed by atoms with Gasteiger partial charge >= 0.3 is 0 Å². The van der Waals surface area contributed by atoms with E-state index < -0.39 is 0 Å². The van der Waals surface area contributed by atoms with Crippen LogP contribution >= 0.6 is 0 Å². The molecule has 0 bridgehead atoms. The zero-order chi connectivity index (χ0) is 13.5. The van der Waals surface area contributed by atoms with Crippen LogP contribution in [0.25, 0.3) is 22.2 Å². The number of fused-ring (bicyclic) bond motifs is 1. The van der Waals surface area contributed by atoms with Crippen LogP contribution in [0.1, 0.15) is 24.6 Å². The maximum absolute atomic E-state index is 4.70. The SMILES string of the molecule is Cn1nc(C2CCCN2)cc1-c1c[nH]c2ccccc12. The van der Waals surface area contributed by atoms with Crippen molar-refractivity contribution in [3.05, 3.63) is 42.2 Å². The summed E-state index contributed by atoms with van der Waals surface area (Å²) in [6, 6.07) is 11.0. The molecule has 1 unspecified atom stereocenters. The van der Waals surface area contributed by atoms with E-state index in [1.54, 1.807) is 0 Å². The number of hydrogen-bond acceptors (Lipinski definition) is 2. The molecule has 1 atom stereocenters. The fourth-order valence-corrected chi connectivity index (χ4v) is 3.13. The maximum atomic E-state index is 4.70. The second-order valence-corrected chi connectivity index (χ2v) is 5.47. The Bertz CT molecular complexity index is 747. The van der Waals surface area contributed by atoms with E-state index in [2.05, 4.69) is 46.8 Å². The Balaban J connectivity index is 1.81. The lowest BCUT2D eigenvalue weighted by atomic mass is 10.1. The molecule has 0 radical (unpaired) electrons. The van der Waals surface area contributed by atoms with Crippen molar-refractivity contribution in [1.29, 1.82) is 0 Å². The lowest BCUT2D eigenvalue weighted by Crippen LogP contribution is -2.13. The van der Waals surface area contributed by atoms with E-state index in [9.17, 15) is 0 Å². The van der Waals surface area contributed by atoms with Gasteiger partial charge in [0.1, 0.15) is 0 Å². The van der Waals surface area contributed by atoms with Crippen LogP contribution in [0.15, 0.2) is 36.5 Å². The molecule has 1 aliphatic heterocycles. The first-order valence-corrected chi connectivity index (χ1v) is 7.17. The largest absolute Gasteiger partial charge is 0.360 e. The average molecular weight is 266 g/mol. The molecule has 3 heterocycles. The van der Waals surface area contributed by atoms with Crippen LogP contribution in [0.3, 0.4) is 0 Å². The standard InChI is InChI=1S/C16H18N4/c1-20-16(9-15(19-20)14-7-4-8-17-14)12-10-18-13-6-3-2-5-11(12)13/h2-3,5-6,9-10,14,17-18H,4,7-8H2,1H3. The number of aromatic nitrogens is 3. The van der Waals surface area contributed by atoms with Gasteiger partial charge in [-0.3, -0.25) is 4.68 Å². The van der Waals surface area contributed by atoms with Gasteiger partial charge in [0.05, 0.1) is 17.4 Å². The lowest BCUT2D eigenvalue weighted by molar-refractivity contribution is 0.607. The van der Waals surface area contributed by atoms with Crippen molar-refractivity contribution in [3.63, 3.8) is 0 Å². The predicted molar refractivity (Wildman–Crippen MR) is 80.5 cm³/mol.